The van der Waals surface area contributed by atoms with Gasteiger partial charge in [0.2, 0.25) is 0 Å². The Morgan fingerprint density at radius 1 is 0.432 bits per heavy atom. The van der Waals surface area contributed by atoms with Gasteiger partial charge in [0.15, 0.2) is 0 Å². The number of hydrogen-bond acceptors (Lipinski definition) is 4. The number of nitrogens with zero attached hydrogens (tertiary/aromatic N) is 1. The fourth-order valence-electron chi connectivity index (χ4n) is 4.57. The van der Waals surface area contributed by atoms with Crippen molar-refractivity contribution >= 4 is 17.1 Å². The molecule has 0 fully saturated rings. The maximum atomic E-state index is 3.83. The average molecular weight is 501 g/mol. The van der Waals surface area contributed by atoms with E-state index in [1.807, 2.05) is 0 Å². The van der Waals surface area contributed by atoms with Crippen molar-refractivity contribution in [3.63, 3.8) is 0 Å². The lowest BCUT2D eigenvalue weighted by atomic mass is 9.98. The summed E-state index contributed by atoms with van der Waals surface area (Å²) in [5.41, 5.74) is 3.56. The topological polar surface area (TPSA) is 39.3 Å². The van der Waals surface area contributed by atoms with Crippen LogP contribution in [0.4, 0.5) is 17.1 Å². The Labute approximate surface area is 225 Å². The minimum absolute atomic E-state index is 0.344. The summed E-state index contributed by atoms with van der Waals surface area (Å²) in [6.45, 7) is 16.9. The lowest BCUT2D eigenvalue weighted by Gasteiger charge is -2.38. The SMILES string of the molecule is CC(C)[C@@H](CN(C[C@@H](Nc1ccccc1)C(C)C)C[C@@H](Nc1ccccc1)C(C)C)Nc1ccccc1. The van der Waals surface area contributed by atoms with Crippen LogP contribution in [0.3, 0.4) is 0 Å². The van der Waals surface area contributed by atoms with E-state index in [1.54, 1.807) is 0 Å². The van der Waals surface area contributed by atoms with Gasteiger partial charge in [-0.3, -0.25) is 4.90 Å². The van der Waals surface area contributed by atoms with Crippen LogP contribution in [-0.2, 0) is 0 Å². The molecule has 3 aromatic rings. The zero-order chi connectivity index (χ0) is 26.6. The van der Waals surface area contributed by atoms with Gasteiger partial charge in [-0.1, -0.05) is 96.1 Å². The van der Waals surface area contributed by atoms with Crippen LogP contribution in [-0.4, -0.2) is 42.7 Å². The summed E-state index contributed by atoms with van der Waals surface area (Å²) in [6, 6.07) is 32.9. The molecule has 0 aliphatic carbocycles. The Hall–Kier alpha value is -2.98. The lowest BCUT2D eigenvalue weighted by Crippen LogP contribution is -2.50. The zero-order valence-electron chi connectivity index (χ0n) is 23.7. The van der Waals surface area contributed by atoms with E-state index in [-0.39, 0.29) is 0 Å². The van der Waals surface area contributed by atoms with Gasteiger partial charge < -0.3 is 16.0 Å². The van der Waals surface area contributed by atoms with Gasteiger partial charge >= 0.3 is 0 Å². The van der Waals surface area contributed by atoms with E-state index in [2.05, 4.69) is 153 Å². The highest BCUT2D eigenvalue weighted by molar-refractivity contribution is 5.45. The van der Waals surface area contributed by atoms with Gasteiger partial charge in [-0.15, -0.1) is 0 Å². The highest BCUT2D eigenvalue weighted by Crippen LogP contribution is 2.20. The number of benzene rings is 3. The molecule has 0 spiro atoms. The van der Waals surface area contributed by atoms with Crippen molar-refractivity contribution in [2.24, 2.45) is 17.8 Å². The summed E-state index contributed by atoms with van der Waals surface area (Å²) in [5.74, 6) is 1.51. The standard InChI is InChI=1S/C33H48N4/c1-25(2)31(34-28-16-10-7-11-17-28)22-37(23-32(26(3)4)35-29-18-12-8-13-19-29)24-33(27(5)6)36-30-20-14-9-15-21-30/h7-21,25-27,31-36H,22-24H2,1-6H3/t31-,32-,33-/m1/s1. The third kappa shape index (κ3) is 9.77. The van der Waals surface area contributed by atoms with E-state index in [9.17, 15) is 0 Å². The molecule has 0 aromatic heterocycles. The second-order valence-electron chi connectivity index (χ2n) is 11.3. The Morgan fingerprint density at radius 2 is 0.676 bits per heavy atom. The molecule has 0 bridgehead atoms. The predicted molar refractivity (Wildman–Crippen MR) is 163 cm³/mol. The number of anilines is 3. The molecule has 0 radical (unpaired) electrons. The van der Waals surface area contributed by atoms with Gasteiger partial charge in [-0.2, -0.15) is 0 Å². The highest BCUT2D eigenvalue weighted by Gasteiger charge is 2.26. The lowest BCUT2D eigenvalue weighted by molar-refractivity contribution is 0.204. The highest BCUT2D eigenvalue weighted by atomic mass is 15.2. The van der Waals surface area contributed by atoms with Crippen molar-refractivity contribution in [3.8, 4) is 0 Å². The van der Waals surface area contributed by atoms with Gasteiger partial charge in [-0.05, 0) is 54.2 Å². The Kier molecular flexibility index (Phi) is 11.3. The first-order valence-electron chi connectivity index (χ1n) is 14.0. The molecule has 4 heteroatoms. The van der Waals surface area contributed by atoms with Crippen molar-refractivity contribution in [1.29, 1.82) is 0 Å². The van der Waals surface area contributed by atoms with E-state index in [4.69, 9.17) is 0 Å². The van der Waals surface area contributed by atoms with Crippen molar-refractivity contribution in [3.05, 3.63) is 91.0 Å². The molecule has 200 valence electrons. The molecule has 0 heterocycles. The van der Waals surface area contributed by atoms with Crippen molar-refractivity contribution < 1.29 is 0 Å². The molecule has 0 aliphatic heterocycles. The van der Waals surface area contributed by atoms with Gasteiger partial charge in [0.25, 0.3) is 0 Å². The Bertz CT molecular complexity index is 857. The smallest absolute Gasteiger partial charge is 0.0411 e. The zero-order valence-corrected chi connectivity index (χ0v) is 23.7. The first kappa shape index (κ1) is 28.6. The maximum Gasteiger partial charge on any atom is 0.0411 e. The monoisotopic (exact) mass is 500 g/mol. The molecule has 0 amide bonds. The predicted octanol–water partition coefficient (Wildman–Crippen LogP) is 7.70. The van der Waals surface area contributed by atoms with E-state index < -0.39 is 0 Å². The van der Waals surface area contributed by atoms with Crippen LogP contribution >= 0.6 is 0 Å². The number of hydrogen-bond donors (Lipinski definition) is 3. The van der Waals surface area contributed by atoms with Crippen LogP contribution in [0.15, 0.2) is 91.0 Å². The van der Waals surface area contributed by atoms with Crippen LogP contribution in [0.2, 0.25) is 0 Å². The van der Waals surface area contributed by atoms with Crippen molar-refractivity contribution in [1.82, 2.24) is 4.90 Å². The summed E-state index contributed by atoms with van der Waals surface area (Å²) in [6.07, 6.45) is 0. The molecule has 0 aliphatic rings. The van der Waals surface area contributed by atoms with E-state index in [0.29, 0.717) is 35.9 Å². The molecule has 3 aromatic carbocycles. The maximum absolute atomic E-state index is 3.83. The first-order valence-corrected chi connectivity index (χ1v) is 14.0. The summed E-state index contributed by atoms with van der Waals surface area (Å²) in [5, 5.41) is 11.5. The van der Waals surface area contributed by atoms with Crippen molar-refractivity contribution in [2.75, 3.05) is 35.6 Å². The molecule has 4 nitrogen and oxygen atoms in total. The minimum atomic E-state index is 0.344. The van der Waals surface area contributed by atoms with Crippen LogP contribution in [0.25, 0.3) is 0 Å². The molecule has 0 unspecified atom stereocenters. The van der Waals surface area contributed by atoms with Gasteiger partial charge in [-0.25, -0.2) is 0 Å². The fourth-order valence-corrected chi connectivity index (χ4v) is 4.57. The quantitative estimate of drug-likeness (QED) is 0.200. The molecule has 37 heavy (non-hydrogen) atoms. The molecule has 0 saturated heterocycles. The third-order valence-corrected chi connectivity index (χ3v) is 7.16. The molecular formula is C33H48N4. The summed E-state index contributed by atoms with van der Waals surface area (Å²) in [7, 11) is 0. The van der Waals surface area contributed by atoms with Gasteiger partial charge in [0, 0.05) is 54.8 Å². The van der Waals surface area contributed by atoms with Crippen LogP contribution in [0.1, 0.15) is 41.5 Å². The molecule has 3 rings (SSSR count). The number of para-hydroxylation sites is 3. The van der Waals surface area contributed by atoms with Crippen LogP contribution < -0.4 is 16.0 Å². The summed E-state index contributed by atoms with van der Waals surface area (Å²) >= 11 is 0. The molecular weight excluding hydrogens is 452 g/mol. The normalized spacial score (nSPS) is 14.1. The van der Waals surface area contributed by atoms with Crippen LogP contribution in [0.5, 0.6) is 0 Å². The first-order chi connectivity index (χ1) is 17.8. The average Bonchev–Trinajstić information content (AvgIpc) is 2.89. The third-order valence-electron chi connectivity index (χ3n) is 7.16. The number of nitrogens with one attached hydrogen (secondary N) is 3. The van der Waals surface area contributed by atoms with Crippen molar-refractivity contribution in [2.45, 2.75) is 59.7 Å². The largest absolute Gasteiger partial charge is 0.381 e. The molecule has 3 N–H and O–H groups in total. The van der Waals surface area contributed by atoms with E-state index in [1.165, 1.54) is 17.1 Å². The van der Waals surface area contributed by atoms with Gasteiger partial charge in [0.1, 0.15) is 0 Å². The second-order valence-corrected chi connectivity index (χ2v) is 11.3. The Balaban J connectivity index is 1.83. The summed E-state index contributed by atoms with van der Waals surface area (Å²) < 4.78 is 0. The molecule has 0 saturated carbocycles. The molecule has 3 atom stereocenters. The Morgan fingerprint density at radius 3 is 0.892 bits per heavy atom. The van der Waals surface area contributed by atoms with E-state index in [0.717, 1.165) is 19.6 Å². The number of rotatable bonds is 15. The minimum Gasteiger partial charge on any atom is -0.381 e. The second kappa shape index (κ2) is 14.7. The van der Waals surface area contributed by atoms with E-state index >= 15 is 0 Å². The van der Waals surface area contributed by atoms with Gasteiger partial charge in [0.05, 0.1) is 0 Å². The summed E-state index contributed by atoms with van der Waals surface area (Å²) in [4.78, 5) is 2.67. The van der Waals surface area contributed by atoms with Crippen LogP contribution in [0, 0.1) is 17.8 Å². The fraction of sp³-hybridized carbons (Fsp3) is 0.455.